The fourth-order valence-corrected chi connectivity index (χ4v) is 1.18. The first-order valence-electron chi connectivity index (χ1n) is 3.43. The molecular formula is C5H7N5O2. The third kappa shape index (κ3) is 0.825. The summed E-state index contributed by atoms with van der Waals surface area (Å²) in [6.45, 7) is 0. The maximum absolute atomic E-state index is 11.1. The largest absolute Gasteiger partial charge is 0.323 e. The molecule has 0 aromatic carbocycles. The molecule has 2 heterocycles. The van der Waals surface area contributed by atoms with E-state index in [9.17, 15) is 9.59 Å². The van der Waals surface area contributed by atoms with Gasteiger partial charge in [-0.3, -0.25) is 15.1 Å². The minimum Gasteiger partial charge on any atom is -0.314 e. The summed E-state index contributed by atoms with van der Waals surface area (Å²) >= 11 is 0. The van der Waals surface area contributed by atoms with E-state index in [1.165, 1.54) is 5.01 Å². The molecule has 0 aliphatic carbocycles. The third-order valence-corrected chi connectivity index (χ3v) is 1.80. The zero-order valence-corrected chi connectivity index (χ0v) is 6.31. The van der Waals surface area contributed by atoms with Crippen molar-refractivity contribution in [1.29, 1.82) is 0 Å². The smallest absolute Gasteiger partial charge is 0.314 e. The predicted octanol–water partition coefficient (Wildman–Crippen LogP) is -1.17. The summed E-state index contributed by atoms with van der Waals surface area (Å²) in [5.74, 6) is -0.406. The van der Waals surface area contributed by atoms with E-state index < -0.39 is 24.1 Å². The molecule has 3 amide bonds. The Bertz CT molecular complexity index is 275. The molecule has 0 aromatic heterocycles. The zero-order valence-electron chi connectivity index (χ0n) is 6.31. The van der Waals surface area contributed by atoms with Crippen LogP contribution in [0.25, 0.3) is 0 Å². The minimum atomic E-state index is -0.604. The molecule has 12 heavy (non-hydrogen) atoms. The number of nitrogens with one attached hydrogen (secondary N) is 2. The van der Waals surface area contributed by atoms with Gasteiger partial charge in [-0.2, -0.15) is 5.11 Å². The second kappa shape index (κ2) is 2.16. The maximum Gasteiger partial charge on any atom is 0.323 e. The zero-order chi connectivity index (χ0) is 8.72. The van der Waals surface area contributed by atoms with Crippen LogP contribution in [0, 0.1) is 0 Å². The van der Waals surface area contributed by atoms with E-state index >= 15 is 0 Å². The van der Waals surface area contributed by atoms with E-state index in [-0.39, 0.29) is 0 Å². The maximum atomic E-state index is 11.1. The summed E-state index contributed by atoms with van der Waals surface area (Å²) in [5.41, 5.74) is 0. The first kappa shape index (κ1) is 7.01. The Balaban J connectivity index is 2.23. The summed E-state index contributed by atoms with van der Waals surface area (Å²) in [4.78, 5) is 21.9. The lowest BCUT2D eigenvalue weighted by molar-refractivity contribution is -0.123. The van der Waals surface area contributed by atoms with Crippen molar-refractivity contribution in [2.75, 3.05) is 7.05 Å². The highest BCUT2D eigenvalue weighted by Gasteiger charge is 2.41. The van der Waals surface area contributed by atoms with E-state index in [0.29, 0.717) is 0 Å². The topological polar surface area (TPSA) is 86.2 Å². The Kier molecular flexibility index (Phi) is 1.26. The number of fused-ring (bicyclic) bond motifs is 1. The van der Waals surface area contributed by atoms with Gasteiger partial charge in [0.1, 0.15) is 0 Å². The summed E-state index contributed by atoms with van der Waals surface area (Å²) < 4.78 is 0. The van der Waals surface area contributed by atoms with Crippen molar-refractivity contribution in [3.8, 4) is 0 Å². The van der Waals surface area contributed by atoms with Crippen molar-refractivity contribution >= 4 is 11.9 Å². The van der Waals surface area contributed by atoms with Gasteiger partial charge in [-0.1, -0.05) is 5.22 Å². The number of hydrogen-bond donors (Lipinski definition) is 2. The van der Waals surface area contributed by atoms with Crippen LogP contribution >= 0.6 is 0 Å². The van der Waals surface area contributed by atoms with E-state index in [4.69, 9.17) is 0 Å². The number of imide groups is 1. The van der Waals surface area contributed by atoms with Crippen LogP contribution in [0.3, 0.4) is 0 Å². The van der Waals surface area contributed by atoms with Gasteiger partial charge < -0.3 is 5.32 Å². The van der Waals surface area contributed by atoms with E-state index in [1.807, 2.05) is 0 Å². The Morgan fingerprint density at radius 2 is 2.25 bits per heavy atom. The van der Waals surface area contributed by atoms with Gasteiger partial charge in [0.2, 0.25) is 0 Å². The van der Waals surface area contributed by atoms with E-state index in [0.717, 1.165) is 0 Å². The first-order valence-corrected chi connectivity index (χ1v) is 3.43. The number of rotatable bonds is 0. The van der Waals surface area contributed by atoms with Crippen LogP contribution in [0.5, 0.6) is 0 Å². The third-order valence-electron chi connectivity index (χ3n) is 1.80. The van der Waals surface area contributed by atoms with Gasteiger partial charge in [-0.05, 0) is 0 Å². The molecule has 2 unspecified atom stereocenters. The molecule has 0 radical (unpaired) electrons. The summed E-state index contributed by atoms with van der Waals surface area (Å²) in [5, 5.41) is 13.4. The number of urea groups is 1. The van der Waals surface area contributed by atoms with E-state index in [2.05, 4.69) is 21.0 Å². The fraction of sp³-hybridized carbons (Fsp3) is 0.600. The Morgan fingerprint density at radius 3 is 3.00 bits per heavy atom. The number of carbonyl (C=O) groups excluding carboxylic acids is 2. The van der Waals surface area contributed by atoms with Crippen molar-refractivity contribution in [1.82, 2.24) is 15.6 Å². The van der Waals surface area contributed by atoms with Crippen molar-refractivity contribution in [2.45, 2.75) is 12.2 Å². The quantitative estimate of drug-likeness (QED) is 0.479. The van der Waals surface area contributed by atoms with Gasteiger partial charge in [0, 0.05) is 7.05 Å². The normalized spacial score (nSPS) is 32.9. The highest BCUT2D eigenvalue weighted by atomic mass is 16.2. The van der Waals surface area contributed by atoms with Gasteiger partial charge in [0.25, 0.3) is 5.91 Å². The number of amides is 3. The molecule has 2 rings (SSSR count). The van der Waals surface area contributed by atoms with Crippen LogP contribution in [0.15, 0.2) is 10.3 Å². The molecule has 0 bridgehead atoms. The molecule has 7 heteroatoms. The monoisotopic (exact) mass is 169 g/mol. The summed E-state index contributed by atoms with van der Waals surface area (Å²) in [6, 6.07) is -1.10. The lowest BCUT2D eigenvalue weighted by atomic mass is 10.2. The van der Waals surface area contributed by atoms with Crippen LogP contribution in [-0.4, -0.2) is 36.2 Å². The lowest BCUT2D eigenvalue weighted by Gasteiger charge is -2.26. The van der Waals surface area contributed by atoms with Crippen LogP contribution in [0.4, 0.5) is 4.79 Å². The average Bonchev–Trinajstić information content (AvgIpc) is 2.33. The second-order valence-corrected chi connectivity index (χ2v) is 2.63. The molecule has 2 N–H and O–H groups in total. The molecule has 1 saturated heterocycles. The predicted molar refractivity (Wildman–Crippen MR) is 36.9 cm³/mol. The van der Waals surface area contributed by atoms with Crippen molar-refractivity contribution in [3.63, 3.8) is 0 Å². The Hall–Kier alpha value is -1.66. The minimum absolute atomic E-state index is 0.406. The molecule has 2 atom stereocenters. The van der Waals surface area contributed by atoms with Crippen molar-refractivity contribution in [2.24, 2.45) is 10.3 Å². The molecule has 2 aliphatic rings. The summed E-state index contributed by atoms with van der Waals surface area (Å²) in [6.07, 6.45) is -0.425. The van der Waals surface area contributed by atoms with Crippen LogP contribution in [-0.2, 0) is 4.79 Å². The molecule has 1 fully saturated rings. The first-order chi connectivity index (χ1) is 5.68. The summed E-state index contributed by atoms with van der Waals surface area (Å²) in [7, 11) is 1.65. The van der Waals surface area contributed by atoms with Gasteiger partial charge in [-0.15, -0.1) is 0 Å². The second-order valence-electron chi connectivity index (χ2n) is 2.63. The lowest BCUT2D eigenvalue weighted by Crippen LogP contribution is -2.62. The molecule has 64 valence electrons. The SMILES string of the molecule is CN1N=NC2C(=O)NC(=O)NC21. The van der Waals surface area contributed by atoms with E-state index in [1.54, 1.807) is 7.05 Å². The molecule has 0 saturated carbocycles. The number of nitrogens with zero attached hydrogens (tertiary/aromatic N) is 3. The highest BCUT2D eigenvalue weighted by Crippen LogP contribution is 2.15. The van der Waals surface area contributed by atoms with Gasteiger partial charge in [0.15, 0.2) is 12.2 Å². The van der Waals surface area contributed by atoms with Crippen LogP contribution in [0.2, 0.25) is 0 Å². The highest BCUT2D eigenvalue weighted by molar-refractivity contribution is 6.00. The Labute approximate surface area is 67.8 Å². The van der Waals surface area contributed by atoms with Crippen LogP contribution in [0.1, 0.15) is 0 Å². The van der Waals surface area contributed by atoms with Crippen molar-refractivity contribution < 1.29 is 9.59 Å². The number of likely N-dealkylation sites (N-methyl/N-ethyl adjacent to an activating group) is 1. The molecular weight excluding hydrogens is 162 g/mol. The molecule has 2 aliphatic heterocycles. The molecule has 0 spiro atoms. The molecule has 0 aromatic rings. The van der Waals surface area contributed by atoms with Crippen molar-refractivity contribution in [3.05, 3.63) is 0 Å². The molecule has 7 nitrogen and oxygen atoms in total. The number of carbonyl (C=O) groups is 2. The van der Waals surface area contributed by atoms with Gasteiger partial charge >= 0.3 is 6.03 Å². The van der Waals surface area contributed by atoms with Gasteiger partial charge in [0.05, 0.1) is 0 Å². The fourth-order valence-electron chi connectivity index (χ4n) is 1.18. The number of hydrogen-bond acceptors (Lipinski definition) is 5. The average molecular weight is 169 g/mol. The Morgan fingerprint density at radius 1 is 1.50 bits per heavy atom. The van der Waals surface area contributed by atoms with Gasteiger partial charge in [-0.25, -0.2) is 4.79 Å². The standard InChI is InChI=1S/C5H7N5O2/c1-10-3-2(8-9-10)4(11)7-5(12)6-3/h2-3H,1H3,(H2,6,7,11,12). The van der Waals surface area contributed by atoms with Crippen LogP contribution < -0.4 is 10.6 Å².